The van der Waals surface area contributed by atoms with Crippen molar-refractivity contribution in [3.63, 3.8) is 0 Å². The van der Waals surface area contributed by atoms with Gasteiger partial charge in [0.25, 0.3) is 10.0 Å². The van der Waals surface area contributed by atoms with Crippen LogP contribution in [0.1, 0.15) is 33.3 Å². The Morgan fingerprint density at radius 2 is 1.39 bits per heavy atom. The van der Waals surface area contributed by atoms with Crippen molar-refractivity contribution in [2.45, 2.75) is 56.5 Å². The number of sulfonamides is 2. The molecule has 0 aliphatic rings. The van der Waals surface area contributed by atoms with Crippen LogP contribution in [0.3, 0.4) is 0 Å². The Hall–Kier alpha value is -2.01. The third kappa shape index (κ3) is 5.07. The van der Waals surface area contributed by atoms with Gasteiger partial charge in [-0.15, -0.1) is 4.83 Å². The average Bonchev–Trinajstić information content (AvgIpc) is 2.60. The predicted molar refractivity (Wildman–Crippen MR) is 109 cm³/mol. The molecule has 0 atom stereocenters. The van der Waals surface area contributed by atoms with Gasteiger partial charge < -0.3 is 0 Å². The normalized spacial score (nSPS) is 12.7. The van der Waals surface area contributed by atoms with Crippen LogP contribution in [-0.2, 0) is 20.0 Å². The summed E-state index contributed by atoms with van der Waals surface area (Å²) in [5, 5.41) is 0. The molecule has 0 saturated carbocycles. The molecule has 1 aromatic carbocycles. The van der Waals surface area contributed by atoms with Crippen LogP contribution in [0.25, 0.3) is 0 Å². The first kappa shape index (κ1) is 22.3. The van der Waals surface area contributed by atoms with E-state index in [1.54, 1.807) is 39.8 Å². The maximum absolute atomic E-state index is 12.8. The molecule has 1 heterocycles. The predicted octanol–water partition coefficient (Wildman–Crippen LogP) is 2.50. The van der Waals surface area contributed by atoms with Gasteiger partial charge in [-0.2, -0.15) is 4.31 Å². The first-order valence-corrected chi connectivity index (χ1v) is 11.7. The lowest BCUT2D eigenvalue weighted by Crippen LogP contribution is -2.41. The van der Waals surface area contributed by atoms with Crippen molar-refractivity contribution in [2.75, 3.05) is 5.43 Å². The lowest BCUT2D eigenvalue weighted by Gasteiger charge is -2.29. The van der Waals surface area contributed by atoms with Crippen molar-refractivity contribution in [3.05, 3.63) is 48.2 Å². The third-order valence-corrected chi connectivity index (χ3v) is 7.47. The molecule has 10 heteroatoms. The van der Waals surface area contributed by atoms with Crippen molar-refractivity contribution in [1.82, 2.24) is 14.1 Å². The second kappa shape index (κ2) is 8.56. The van der Waals surface area contributed by atoms with Gasteiger partial charge in [-0.3, -0.25) is 5.43 Å². The summed E-state index contributed by atoms with van der Waals surface area (Å²) < 4.78 is 51.6. The molecule has 154 valence electrons. The number of nitrogens with one attached hydrogen (secondary N) is 2. The molecule has 28 heavy (non-hydrogen) atoms. The fourth-order valence-corrected chi connectivity index (χ4v) is 5.41. The molecular formula is C18H26N4O4S2. The first-order chi connectivity index (χ1) is 12.9. The summed E-state index contributed by atoms with van der Waals surface area (Å²) in [6.45, 7) is 9.09. The topological polar surface area (TPSA) is 108 Å². The van der Waals surface area contributed by atoms with Crippen LogP contribution in [-0.4, -0.2) is 38.2 Å². The minimum Gasteiger partial charge on any atom is -0.292 e. The molecule has 2 aromatic rings. The zero-order chi connectivity index (χ0) is 21.1. The Kier molecular flexibility index (Phi) is 6.81. The van der Waals surface area contributed by atoms with Crippen LogP contribution < -0.4 is 10.3 Å². The van der Waals surface area contributed by atoms with Crippen LogP contribution in [0.2, 0.25) is 0 Å². The fraction of sp³-hybridized carbons (Fsp3) is 0.389. The van der Waals surface area contributed by atoms with Crippen molar-refractivity contribution in [1.29, 1.82) is 0 Å². The Labute approximate surface area is 167 Å². The number of hydrogen-bond acceptors (Lipinski definition) is 6. The number of aryl methyl sites for hydroxylation is 1. The van der Waals surface area contributed by atoms with E-state index in [1.807, 2.05) is 6.92 Å². The monoisotopic (exact) mass is 426 g/mol. The second-order valence-electron chi connectivity index (χ2n) is 6.95. The summed E-state index contributed by atoms with van der Waals surface area (Å²) in [6, 6.07) is 8.77. The van der Waals surface area contributed by atoms with Gasteiger partial charge in [0.15, 0.2) is 0 Å². The van der Waals surface area contributed by atoms with Crippen molar-refractivity contribution in [3.8, 4) is 0 Å². The first-order valence-electron chi connectivity index (χ1n) is 8.79. The van der Waals surface area contributed by atoms with E-state index < -0.39 is 20.0 Å². The molecule has 0 unspecified atom stereocenters. The van der Waals surface area contributed by atoms with Gasteiger partial charge in [0.05, 0.1) is 4.90 Å². The van der Waals surface area contributed by atoms with Gasteiger partial charge in [0.1, 0.15) is 10.7 Å². The van der Waals surface area contributed by atoms with Crippen LogP contribution in [0.5, 0.6) is 0 Å². The molecule has 0 amide bonds. The van der Waals surface area contributed by atoms with Gasteiger partial charge in [-0.25, -0.2) is 21.8 Å². The van der Waals surface area contributed by atoms with Crippen LogP contribution in [0.4, 0.5) is 5.82 Å². The molecule has 0 fully saturated rings. The standard InChI is InChI=1S/C18H26N4O4S2/c1-13(2)22(14(3)4)28(25,26)17-10-11-18(19-12-17)20-21-27(23,24)16-8-6-15(5)7-9-16/h6-14,21H,1-5H3,(H,19,20). The Bertz CT molecular complexity index is 993. The number of hydrazine groups is 1. The van der Waals surface area contributed by atoms with Gasteiger partial charge in [-0.1, -0.05) is 17.7 Å². The zero-order valence-electron chi connectivity index (χ0n) is 16.5. The van der Waals surface area contributed by atoms with E-state index in [0.717, 1.165) is 5.56 Å². The second-order valence-corrected chi connectivity index (χ2v) is 10.5. The van der Waals surface area contributed by atoms with E-state index >= 15 is 0 Å². The van der Waals surface area contributed by atoms with Gasteiger partial charge in [0, 0.05) is 18.3 Å². The molecule has 2 N–H and O–H groups in total. The number of anilines is 1. The molecule has 8 nitrogen and oxygen atoms in total. The van der Waals surface area contributed by atoms with Crippen LogP contribution >= 0.6 is 0 Å². The van der Waals surface area contributed by atoms with E-state index in [1.165, 1.54) is 34.8 Å². The largest absolute Gasteiger partial charge is 0.292 e. The van der Waals surface area contributed by atoms with Gasteiger partial charge >= 0.3 is 0 Å². The zero-order valence-corrected chi connectivity index (χ0v) is 18.2. The fourth-order valence-electron chi connectivity index (χ4n) is 2.78. The summed E-state index contributed by atoms with van der Waals surface area (Å²) in [5.74, 6) is 0.176. The van der Waals surface area contributed by atoms with E-state index in [-0.39, 0.29) is 27.7 Å². The molecular weight excluding hydrogens is 400 g/mol. The lowest BCUT2D eigenvalue weighted by molar-refractivity contribution is 0.302. The van der Waals surface area contributed by atoms with Crippen LogP contribution in [0, 0.1) is 6.92 Å². The molecule has 1 aromatic heterocycles. The molecule has 0 bridgehead atoms. The summed E-state index contributed by atoms with van der Waals surface area (Å²) in [4.78, 5) is 6.39. The maximum Gasteiger partial charge on any atom is 0.257 e. The minimum absolute atomic E-state index is 0.0434. The highest BCUT2D eigenvalue weighted by atomic mass is 32.2. The smallest absolute Gasteiger partial charge is 0.257 e. The van der Waals surface area contributed by atoms with Gasteiger partial charge in [-0.05, 0) is 58.9 Å². The summed E-state index contributed by atoms with van der Waals surface area (Å²) in [6.07, 6.45) is 1.20. The molecule has 2 rings (SSSR count). The SMILES string of the molecule is Cc1ccc(S(=O)(=O)NNc2ccc(S(=O)(=O)N(C(C)C)C(C)C)cn2)cc1. The number of rotatable bonds is 8. The van der Waals surface area contributed by atoms with E-state index in [9.17, 15) is 16.8 Å². The van der Waals surface area contributed by atoms with Crippen molar-refractivity contribution in [2.24, 2.45) is 0 Å². The Morgan fingerprint density at radius 1 is 0.857 bits per heavy atom. The molecule has 0 radical (unpaired) electrons. The van der Waals surface area contributed by atoms with E-state index in [4.69, 9.17) is 0 Å². The Morgan fingerprint density at radius 3 is 1.86 bits per heavy atom. The van der Waals surface area contributed by atoms with Crippen molar-refractivity contribution < 1.29 is 16.8 Å². The quantitative estimate of drug-likeness (QED) is 0.628. The number of aromatic nitrogens is 1. The van der Waals surface area contributed by atoms with Crippen molar-refractivity contribution >= 4 is 25.9 Å². The number of nitrogens with zero attached hydrogens (tertiary/aromatic N) is 2. The highest BCUT2D eigenvalue weighted by Crippen LogP contribution is 2.21. The third-order valence-electron chi connectivity index (χ3n) is 3.97. The molecule has 0 spiro atoms. The highest BCUT2D eigenvalue weighted by Gasteiger charge is 2.29. The van der Waals surface area contributed by atoms with E-state index in [2.05, 4.69) is 15.2 Å². The van der Waals surface area contributed by atoms with E-state index in [0.29, 0.717) is 0 Å². The molecule has 0 aliphatic heterocycles. The lowest BCUT2D eigenvalue weighted by atomic mass is 10.2. The summed E-state index contributed by atoms with van der Waals surface area (Å²) in [7, 11) is -7.48. The average molecular weight is 427 g/mol. The van der Waals surface area contributed by atoms with Crippen LogP contribution in [0.15, 0.2) is 52.4 Å². The number of pyridine rings is 1. The Balaban J connectivity index is 2.15. The highest BCUT2D eigenvalue weighted by molar-refractivity contribution is 7.89. The maximum atomic E-state index is 12.8. The summed E-state index contributed by atoms with van der Waals surface area (Å²) >= 11 is 0. The summed E-state index contributed by atoms with van der Waals surface area (Å²) in [5.41, 5.74) is 3.44. The number of hydrogen-bond donors (Lipinski definition) is 2. The number of benzene rings is 1. The van der Waals surface area contributed by atoms with Gasteiger partial charge in [0.2, 0.25) is 10.0 Å². The minimum atomic E-state index is -3.78. The molecule has 0 saturated heterocycles. The molecule has 0 aliphatic carbocycles.